The van der Waals surface area contributed by atoms with Crippen LogP contribution in [0.2, 0.25) is 0 Å². The van der Waals surface area contributed by atoms with Gasteiger partial charge in [-0.3, -0.25) is 0 Å². The molecule has 0 fully saturated rings. The smallest absolute Gasteiger partial charge is 0.224 e. The van der Waals surface area contributed by atoms with Crippen LogP contribution < -0.4 is 11.5 Å². The highest BCUT2D eigenvalue weighted by atomic mass is 15.1. The molecule has 14 heavy (non-hydrogen) atoms. The van der Waals surface area contributed by atoms with Crippen LogP contribution in [0.4, 0.5) is 11.8 Å². The molecule has 0 saturated heterocycles. The number of fused-ring (bicyclic) bond motifs is 1. The summed E-state index contributed by atoms with van der Waals surface area (Å²) in [6.45, 7) is 3.86. The molecule has 0 radical (unpaired) electrons. The van der Waals surface area contributed by atoms with Gasteiger partial charge >= 0.3 is 0 Å². The molecule has 2 rings (SSSR count). The number of hydrogen-bond acceptors (Lipinski definition) is 5. The fourth-order valence-corrected chi connectivity index (χ4v) is 1.53. The fraction of sp³-hybridized carbons (Fsp3) is 0.222. The summed E-state index contributed by atoms with van der Waals surface area (Å²) in [5.74, 6) is 0.546. The van der Waals surface area contributed by atoms with Gasteiger partial charge in [0.1, 0.15) is 5.82 Å². The van der Waals surface area contributed by atoms with E-state index in [9.17, 15) is 0 Å². The van der Waals surface area contributed by atoms with E-state index in [1.54, 1.807) is 0 Å². The third kappa shape index (κ3) is 1.22. The largest absolute Gasteiger partial charge is 0.383 e. The highest BCUT2D eigenvalue weighted by Gasteiger charge is 2.07. The zero-order valence-corrected chi connectivity index (χ0v) is 8.07. The van der Waals surface area contributed by atoms with Crippen LogP contribution in [-0.2, 0) is 0 Å². The number of rotatable bonds is 0. The van der Waals surface area contributed by atoms with E-state index in [0.29, 0.717) is 11.5 Å². The maximum Gasteiger partial charge on any atom is 0.224 e. The molecule has 5 nitrogen and oxygen atoms in total. The van der Waals surface area contributed by atoms with Crippen LogP contribution in [0.5, 0.6) is 0 Å². The Hall–Kier alpha value is -1.91. The molecule has 0 atom stereocenters. The highest BCUT2D eigenvalue weighted by Crippen LogP contribution is 2.21. The second-order valence-corrected chi connectivity index (χ2v) is 3.25. The van der Waals surface area contributed by atoms with Crippen molar-refractivity contribution in [2.75, 3.05) is 11.5 Å². The van der Waals surface area contributed by atoms with E-state index in [1.165, 1.54) is 0 Å². The van der Waals surface area contributed by atoms with Crippen molar-refractivity contribution in [1.29, 1.82) is 0 Å². The van der Waals surface area contributed by atoms with Crippen molar-refractivity contribution in [3.63, 3.8) is 0 Å². The molecule has 0 unspecified atom stereocenters. The van der Waals surface area contributed by atoms with E-state index in [2.05, 4.69) is 15.0 Å². The topological polar surface area (TPSA) is 90.7 Å². The first-order chi connectivity index (χ1) is 6.58. The number of anilines is 2. The molecule has 72 valence electrons. The Morgan fingerprint density at radius 3 is 2.50 bits per heavy atom. The molecule has 2 aromatic heterocycles. The first-order valence-corrected chi connectivity index (χ1v) is 4.25. The van der Waals surface area contributed by atoms with Crippen LogP contribution in [0.25, 0.3) is 11.0 Å². The highest BCUT2D eigenvalue weighted by molar-refractivity contribution is 5.89. The van der Waals surface area contributed by atoms with Crippen molar-refractivity contribution < 1.29 is 0 Å². The summed E-state index contributed by atoms with van der Waals surface area (Å²) in [5.41, 5.74) is 13.7. The summed E-state index contributed by atoms with van der Waals surface area (Å²) in [6.07, 6.45) is 0. The molecule has 0 aliphatic carbocycles. The van der Waals surface area contributed by atoms with Crippen LogP contribution in [-0.4, -0.2) is 15.0 Å². The van der Waals surface area contributed by atoms with Gasteiger partial charge in [0, 0.05) is 5.69 Å². The summed E-state index contributed by atoms with van der Waals surface area (Å²) in [6, 6.07) is 1.94. The van der Waals surface area contributed by atoms with Gasteiger partial charge in [0.15, 0.2) is 5.65 Å². The van der Waals surface area contributed by atoms with Gasteiger partial charge in [0.2, 0.25) is 5.95 Å². The number of pyridine rings is 1. The SMILES string of the molecule is Cc1cc(C)c2c(N)nc(N)nc2n1. The number of nitrogens with zero attached hydrogens (tertiary/aromatic N) is 3. The predicted octanol–water partition coefficient (Wildman–Crippen LogP) is 0.806. The first-order valence-electron chi connectivity index (χ1n) is 4.25. The Bertz CT molecular complexity index is 463. The zero-order chi connectivity index (χ0) is 10.3. The molecule has 0 spiro atoms. The van der Waals surface area contributed by atoms with E-state index >= 15 is 0 Å². The van der Waals surface area contributed by atoms with Crippen molar-refractivity contribution in [3.05, 3.63) is 17.3 Å². The lowest BCUT2D eigenvalue weighted by atomic mass is 10.1. The van der Waals surface area contributed by atoms with Gasteiger partial charge in [-0.1, -0.05) is 0 Å². The summed E-state index contributed by atoms with van der Waals surface area (Å²) in [4.78, 5) is 12.2. The Kier molecular flexibility index (Phi) is 1.73. The maximum absolute atomic E-state index is 5.74. The monoisotopic (exact) mass is 189 g/mol. The molecule has 0 aliphatic rings. The molecular formula is C9H11N5. The van der Waals surface area contributed by atoms with E-state index in [4.69, 9.17) is 11.5 Å². The predicted molar refractivity (Wildman–Crippen MR) is 55.6 cm³/mol. The molecule has 4 N–H and O–H groups in total. The lowest BCUT2D eigenvalue weighted by Gasteiger charge is -2.05. The van der Waals surface area contributed by atoms with Gasteiger partial charge in [-0.25, -0.2) is 4.98 Å². The normalized spacial score (nSPS) is 10.7. The minimum atomic E-state index is 0.160. The molecule has 0 aliphatic heterocycles. The van der Waals surface area contributed by atoms with Gasteiger partial charge < -0.3 is 11.5 Å². The summed E-state index contributed by atoms with van der Waals surface area (Å²) in [5, 5.41) is 0.782. The summed E-state index contributed by atoms with van der Waals surface area (Å²) < 4.78 is 0. The second-order valence-electron chi connectivity index (χ2n) is 3.25. The van der Waals surface area contributed by atoms with E-state index in [0.717, 1.165) is 16.6 Å². The van der Waals surface area contributed by atoms with Gasteiger partial charge in [0.05, 0.1) is 5.39 Å². The quantitative estimate of drug-likeness (QED) is 0.639. The fourth-order valence-electron chi connectivity index (χ4n) is 1.53. The number of aromatic nitrogens is 3. The molecule has 0 bridgehead atoms. The third-order valence-corrected chi connectivity index (χ3v) is 2.04. The minimum Gasteiger partial charge on any atom is -0.383 e. The summed E-state index contributed by atoms with van der Waals surface area (Å²) >= 11 is 0. The number of nitrogens with two attached hydrogens (primary N) is 2. The van der Waals surface area contributed by atoms with E-state index in [-0.39, 0.29) is 5.95 Å². The van der Waals surface area contributed by atoms with Crippen molar-refractivity contribution in [3.8, 4) is 0 Å². The maximum atomic E-state index is 5.74. The van der Waals surface area contributed by atoms with Crippen molar-refractivity contribution in [2.45, 2.75) is 13.8 Å². The Morgan fingerprint density at radius 2 is 1.79 bits per heavy atom. The van der Waals surface area contributed by atoms with Crippen LogP contribution >= 0.6 is 0 Å². The van der Waals surface area contributed by atoms with Crippen molar-refractivity contribution >= 4 is 22.8 Å². The van der Waals surface area contributed by atoms with Crippen LogP contribution in [0.1, 0.15) is 11.3 Å². The minimum absolute atomic E-state index is 0.160. The molecular weight excluding hydrogens is 178 g/mol. The lowest BCUT2D eigenvalue weighted by molar-refractivity contribution is 1.15. The number of nitrogen functional groups attached to an aromatic ring is 2. The van der Waals surface area contributed by atoms with Gasteiger partial charge in [-0.15, -0.1) is 0 Å². The second kappa shape index (κ2) is 2.80. The van der Waals surface area contributed by atoms with Gasteiger partial charge in [-0.05, 0) is 25.5 Å². The van der Waals surface area contributed by atoms with Crippen LogP contribution in [0.3, 0.4) is 0 Å². The Morgan fingerprint density at radius 1 is 1.07 bits per heavy atom. The molecule has 5 heteroatoms. The standard InChI is InChI=1S/C9H11N5/c1-4-3-5(2)12-8-6(4)7(10)13-9(11)14-8/h3H,1-2H3,(H4,10,11,12,13,14). The zero-order valence-electron chi connectivity index (χ0n) is 8.07. The van der Waals surface area contributed by atoms with E-state index in [1.807, 2.05) is 19.9 Å². The molecule has 0 saturated carbocycles. The lowest BCUT2D eigenvalue weighted by Crippen LogP contribution is -2.03. The van der Waals surface area contributed by atoms with Crippen molar-refractivity contribution in [1.82, 2.24) is 15.0 Å². The first kappa shape index (κ1) is 8.68. The molecule has 0 amide bonds. The average molecular weight is 189 g/mol. The number of hydrogen-bond donors (Lipinski definition) is 2. The van der Waals surface area contributed by atoms with E-state index < -0.39 is 0 Å². The average Bonchev–Trinajstić information content (AvgIpc) is 1.99. The number of aryl methyl sites for hydroxylation is 2. The molecule has 2 heterocycles. The molecule has 0 aromatic carbocycles. The third-order valence-electron chi connectivity index (χ3n) is 2.04. The Balaban J connectivity index is 2.94. The van der Waals surface area contributed by atoms with Crippen LogP contribution in [0.15, 0.2) is 6.07 Å². The Labute approximate surface area is 81.2 Å². The van der Waals surface area contributed by atoms with Gasteiger partial charge in [-0.2, -0.15) is 9.97 Å². The van der Waals surface area contributed by atoms with Crippen LogP contribution in [0, 0.1) is 13.8 Å². The van der Waals surface area contributed by atoms with Gasteiger partial charge in [0.25, 0.3) is 0 Å². The van der Waals surface area contributed by atoms with Crippen molar-refractivity contribution in [2.24, 2.45) is 0 Å². The molecule has 2 aromatic rings. The summed E-state index contributed by atoms with van der Waals surface area (Å²) in [7, 11) is 0.